The summed E-state index contributed by atoms with van der Waals surface area (Å²) < 4.78 is 10.5. The van der Waals surface area contributed by atoms with Crippen molar-refractivity contribution in [1.29, 1.82) is 0 Å². The topological polar surface area (TPSA) is 103 Å². The molecular weight excluding hydrogens is 276 g/mol. The lowest BCUT2D eigenvalue weighted by Gasteiger charge is -2.03. The van der Waals surface area contributed by atoms with Crippen molar-refractivity contribution < 1.29 is 14.4 Å². The van der Waals surface area contributed by atoms with Gasteiger partial charge < -0.3 is 9.47 Å². The Morgan fingerprint density at radius 2 is 2.38 bits per heavy atom. The van der Waals surface area contributed by atoms with Crippen LogP contribution in [0.3, 0.4) is 0 Å². The highest BCUT2D eigenvalue weighted by Crippen LogP contribution is 2.32. The van der Waals surface area contributed by atoms with Crippen LogP contribution in [0.5, 0.6) is 5.75 Å². The third-order valence-electron chi connectivity index (χ3n) is 3.37. The van der Waals surface area contributed by atoms with Crippen LogP contribution in [0.25, 0.3) is 11.4 Å². The van der Waals surface area contributed by atoms with Gasteiger partial charge in [0, 0.05) is 18.2 Å². The van der Waals surface area contributed by atoms with Gasteiger partial charge in [-0.25, -0.2) is 4.98 Å². The maximum atomic E-state index is 11.0. The zero-order valence-electron chi connectivity index (χ0n) is 11.4. The number of aromatic amines is 1. The number of hydrogen-bond acceptors (Lipinski definition) is 6. The van der Waals surface area contributed by atoms with Crippen LogP contribution < -0.4 is 4.74 Å². The summed E-state index contributed by atoms with van der Waals surface area (Å²) in [6, 6.07) is 4.63. The number of ether oxygens (including phenoxy) is 2. The van der Waals surface area contributed by atoms with Crippen LogP contribution >= 0.6 is 0 Å². The van der Waals surface area contributed by atoms with E-state index in [4.69, 9.17) is 9.47 Å². The number of nitrogens with zero attached hydrogens (tertiary/aromatic N) is 3. The molecule has 1 atom stereocenters. The lowest BCUT2D eigenvalue weighted by molar-refractivity contribution is -0.385. The van der Waals surface area contributed by atoms with Gasteiger partial charge in [-0.1, -0.05) is 0 Å². The summed E-state index contributed by atoms with van der Waals surface area (Å²) in [7, 11) is 1.39. The Morgan fingerprint density at radius 1 is 1.52 bits per heavy atom. The average Bonchev–Trinajstić information content (AvgIpc) is 3.17. The molecule has 2 heterocycles. The third kappa shape index (κ3) is 2.57. The molecule has 1 fully saturated rings. The lowest BCUT2D eigenvalue weighted by Crippen LogP contribution is -1.98. The predicted molar refractivity (Wildman–Crippen MR) is 73.0 cm³/mol. The molecule has 8 nitrogen and oxygen atoms in total. The first-order valence-electron chi connectivity index (χ1n) is 6.55. The van der Waals surface area contributed by atoms with Crippen molar-refractivity contribution in [3.8, 4) is 17.1 Å². The molecule has 1 aliphatic heterocycles. The lowest BCUT2D eigenvalue weighted by atomic mass is 10.1. The Bertz CT molecular complexity index is 664. The van der Waals surface area contributed by atoms with Gasteiger partial charge in [-0.3, -0.25) is 15.2 Å². The highest BCUT2D eigenvalue weighted by molar-refractivity contribution is 5.63. The van der Waals surface area contributed by atoms with Crippen LogP contribution in [0.4, 0.5) is 5.69 Å². The molecule has 1 aromatic carbocycles. The molecule has 0 radical (unpaired) electrons. The molecule has 21 heavy (non-hydrogen) atoms. The normalized spacial score (nSPS) is 17.9. The maximum Gasteiger partial charge on any atom is 0.311 e. The summed E-state index contributed by atoms with van der Waals surface area (Å²) >= 11 is 0. The van der Waals surface area contributed by atoms with E-state index in [0.29, 0.717) is 23.8 Å². The van der Waals surface area contributed by atoms with Crippen LogP contribution in [-0.2, 0) is 4.74 Å². The van der Waals surface area contributed by atoms with E-state index in [0.717, 1.165) is 12.8 Å². The maximum absolute atomic E-state index is 11.0. The van der Waals surface area contributed by atoms with Crippen molar-refractivity contribution in [2.24, 2.45) is 0 Å². The van der Waals surface area contributed by atoms with Crippen molar-refractivity contribution in [2.45, 2.75) is 18.9 Å². The van der Waals surface area contributed by atoms with E-state index in [1.807, 2.05) is 0 Å². The van der Waals surface area contributed by atoms with E-state index in [-0.39, 0.29) is 17.5 Å². The van der Waals surface area contributed by atoms with Crippen LogP contribution in [0.2, 0.25) is 0 Å². The van der Waals surface area contributed by atoms with Gasteiger partial charge in [0.25, 0.3) is 0 Å². The molecule has 1 N–H and O–H groups in total. The number of benzene rings is 1. The number of nitrogens with one attached hydrogen (secondary N) is 1. The molecule has 0 aliphatic carbocycles. The second-order valence-electron chi connectivity index (χ2n) is 4.69. The number of methoxy groups -OCH3 is 1. The van der Waals surface area contributed by atoms with Crippen LogP contribution in [-0.4, -0.2) is 33.8 Å². The molecule has 0 spiro atoms. The molecule has 1 aliphatic rings. The van der Waals surface area contributed by atoms with Gasteiger partial charge in [-0.2, -0.15) is 5.10 Å². The van der Waals surface area contributed by atoms with Gasteiger partial charge in [0.15, 0.2) is 17.4 Å². The fraction of sp³-hybridized carbons (Fsp3) is 0.385. The van der Waals surface area contributed by atoms with Gasteiger partial charge >= 0.3 is 5.69 Å². The molecule has 1 aromatic heterocycles. The van der Waals surface area contributed by atoms with Crippen LogP contribution in [0.15, 0.2) is 18.2 Å². The van der Waals surface area contributed by atoms with E-state index < -0.39 is 4.92 Å². The van der Waals surface area contributed by atoms with Gasteiger partial charge in [-0.05, 0) is 25.0 Å². The molecule has 8 heteroatoms. The van der Waals surface area contributed by atoms with E-state index >= 15 is 0 Å². The highest BCUT2D eigenvalue weighted by Gasteiger charge is 2.23. The number of aromatic nitrogens is 3. The Hall–Kier alpha value is -2.48. The average molecular weight is 290 g/mol. The Balaban J connectivity index is 1.93. The molecule has 3 rings (SSSR count). The minimum absolute atomic E-state index is 0.0699. The number of hydrogen-bond donors (Lipinski definition) is 1. The van der Waals surface area contributed by atoms with E-state index in [9.17, 15) is 10.1 Å². The highest BCUT2D eigenvalue weighted by atomic mass is 16.6. The molecule has 2 aromatic rings. The minimum Gasteiger partial charge on any atom is -0.490 e. The zero-order valence-corrected chi connectivity index (χ0v) is 11.4. The monoisotopic (exact) mass is 290 g/mol. The first kappa shape index (κ1) is 13.5. The summed E-state index contributed by atoms with van der Waals surface area (Å²) in [5.74, 6) is 1.27. The Labute approximate surface area is 120 Å². The summed E-state index contributed by atoms with van der Waals surface area (Å²) in [5.41, 5.74) is 0.446. The number of H-pyrrole nitrogens is 1. The van der Waals surface area contributed by atoms with Crippen LogP contribution in [0.1, 0.15) is 24.8 Å². The molecular formula is C13H14N4O4. The number of rotatable bonds is 4. The smallest absolute Gasteiger partial charge is 0.311 e. The minimum atomic E-state index is -0.490. The van der Waals surface area contributed by atoms with Gasteiger partial charge in [0.2, 0.25) is 0 Å². The van der Waals surface area contributed by atoms with E-state index in [2.05, 4.69) is 15.2 Å². The van der Waals surface area contributed by atoms with Crippen molar-refractivity contribution in [3.05, 3.63) is 34.1 Å². The summed E-state index contributed by atoms with van der Waals surface area (Å²) in [4.78, 5) is 14.9. The van der Waals surface area contributed by atoms with Gasteiger partial charge in [0.1, 0.15) is 6.10 Å². The zero-order chi connectivity index (χ0) is 14.8. The summed E-state index contributed by atoms with van der Waals surface area (Å²) in [6.07, 6.45) is 1.83. The van der Waals surface area contributed by atoms with E-state index in [1.54, 1.807) is 6.07 Å². The predicted octanol–water partition coefficient (Wildman–Crippen LogP) is 2.24. The van der Waals surface area contributed by atoms with Crippen molar-refractivity contribution in [1.82, 2.24) is 15.2 Å². The first-order chi connectivity index (χ1) is 10.2. The third-order valence-corrected chi connectivity index (χ3v) is 3.37. The second-order valence-corrected chi connectivity index (χ2v) is 4.69. The van der Waals surface area contributed by atoms with Crippen molar-refractivity contribution >= 4 is 5.69 Å². The summed E-state index contributed by atoms with van der Waals surface area (Å²) in [6.45, 7) is 0.717. The molecule has 110 valence electrons. The van der Waals surface area contributed by atoms with Crippen molar-refractivity contribution in [3.63, 3.8) is 0 Å². The molecule has 1 unspecified atom stereocenters. The number of nitro benzene ring substituents is 1. The second kappa shape index (κ2) is 5.49. The Morgan fingerprint density at radius 3 is 3.05 bits per heavy atom. The largest absolute Gasteiger partial charge is 0.490 e. The fourth-order valence-electron chi connectivity index (χ4n) is 2.31. The molecule has 1 saturated heterocycles. The standard InChI is InChI=1S/C13H14N4O4/c1-20-10-5-4-8(7-9(10)17(18)19)12-14-13(16-15-12)11-3-2-6-21-11/h4-5,7,11H,2-3,6H2,1H3,(H,14,15,16). The van der Waals surface area contributed by atoms with E-state index in [1.165, 1.54) is 19.2 Å². The quantitative estimate of drug-likeness (QED) is 0.684. The fourth-order valence-corrected chi connectivity index (χ4v) is 2.31. The first-order valence-corrected chi connectivity index (χ1v) is 6.55. The SMILES string of the molecule is COc1ccc(-c2n[nH]c(C3CCCO3)n2)cc1[N+](=O)[O-]. The van der Waals surface area contributed by atoms with Crippen LogP contribution in [0, 0.1) is 10.1 Å². The molecule has 0 saturated carbocycles. The van der Waals surface area contributed by atoms with Crippen molar-refractivity contribution in [2.75, 3.05) is 13.7 Å². The summed E-state index contributed by atoms with van der Waals surface area (Å²) in [5, 5.41) is 18.0. The van der Waals surface area contributed by atoms with Gasteiger partial charge in [0.05, 0.1) is 12.0 Å². The molecule has 0 amide bonds. The molecule has 0 bridgehead atoms. The number of nitro groups is 1. The van der Waals surface area contributed by atoms with Gasteiger partial charge in [-0.15, -0.1) is 0 Å². The Kier molecular flexibility index (Phi) is 3.53.